The van der Waals surface area contributed by atoms with Crippen LogP contribution in [0.3, 0.4) is 0 Å². The smallest absolute Gasteiger partial charge is 0.0936 e. The van der Waals surface area contributed by atoms with Crippen molar-refractivity contribution in [3.05, 3.63) is 0 Å². The lowest BCUT2D eigenvalue weighted by Gasteiger charge is -2.14. The fourth-order valence-corrected chi connectivity index (χ4v) is 1.72. The van der Waals surface area contributed by atoms with Gasteiger partial charge in [0.1, 0.15) is 0 Å². The molecule has 0 aliphatic heterocycles. The zero-order valence-corrected chi connectivity index (χ0v) is 9.81. The van der Waals surface area contributed by atoms with E-state index in [9.17, 15) is 0 Å². The second-order valence-electron chi connectivity index (χ2n) is 4.14. The lowest BCUT2D eigenvalue weighted by Crippen LogP contribution is -2.22. The van der Waals surface area contributed by atoms with E-state index in [1.54, 1.807) is 0 Å². The summed E-state index contributed by atoms with van der Waals surface area (Å²) < 4.78 is 0. The molecule has 0 aliphatic carbocycles. The SMILES string of the molecule is CCCCCCC(CCCC)C(=N)N. The first-order valence-corrected chi connectivity index (χ1v) is 6.06. The van der Waals surface area contributed by atoms with Crippen LogP contribution in [-0.4, -0.2) is 5.84 Å². The first-order valence-electron chi connectivity index (χ1n) is 6.06. The molecule has 84 valence electrons. The van der Waals surface area contributed by atoms with Crippen molar-refractivity contribution in [2.75, 3.05) is 0 Å². The molecular weight excluding hydrogens is 172 g/mol. The monoisotopic (exact) mass is 198 g/mol. The number of hydrogen-bond acceptors (Lipinski definition) is 1. The van der Waals surface area contributed by atoms with E-state index in [4.69, 9.17) is 11.1 Å². The molecule has 0 aliphatic rings. The molecule has 0 bridgehead atoms. The molecule has 0 saturated carbocycles. The van der Waals surface area contributed by atoms with Crippen LogP contribution < -0.4 is 5.73 Å². The molecular formula is C12H26N2. The largest absolute Gasteiger partial charge is 0.387 e. The molecule has 0 heterocycles. The fraction of sp³-hybridized carbons (Fsp3) is 0.917. The zero-order chi connectivity index (χ0) is 10.8. The third kappa shape index (κ3) is 6.93. The average molecular weight is 198 g/mol. The minimum absolute atomic E-state index is 0.354. The summed E-state index contributed by atoms with van der Waals surface area (Å²) in [7, 11) is 0. The molecule has 0 aromatic rings. The third-order valence-electron chi connectivity index (χ3n) is 2.75. The Balaban J connectivity index is 3.57. The molecule has 0 spiro atoms. The summed E-state index contributed by atoms with van der Waals surface area (Å²) in [5.74, 6) is 0.752. The summed E-state index contributed by atoms with van der Waals surface area (Å²) in [4.78, 5) is 0. The molecule has 14 heavy (non-hydrogen) atoms. The Morgan fingerprint density at radius 2 is 1.57 bits per heavy atom. The zero-order valence-electron chi connectivity index (χ0n) is 9.81. The number of rotatable bonds is 9. The molecule has 0 aromatic heterocycles. The van der Waals surface area contributed by atoms with E-state index in [0.717, 1.165) is 12.8 Å². The molecule has 0 fully saturated rings. The third-order valence-corrected chi connectivity index (χ3v) is 2.75. The predicted molar refractivity (Wildman–Crippen MR) is 63.7 cm³/mol. The van der Waals surface area contributed by atoms with Crippen LogP contribution in [0.15, 0.2) is 0 Å². The summed E-state index contributed by atoms with van der Waals surface area (Å²) in [6.45, 7) is 4.41. The van der Waals surface area contributed by atoms with Crippen molar-refractivity contribution < 1.29 is 0 Å². The average Bonchev–Trinajstić information content (AvgIpc) is 2.16. The van der Waals surface area contributed by atoms with Gasteiger partial charge in [-0.25, -0.2) is 0 Å². The van der Waals surface area contributed by atoms with E-state index in [1.807, 2.05) is 0 Å². The summed E-state index contributed by atoms with van der Waals surface area (Å²) in [6.07, 6.45) is 9.77. The lowest BCUT2D eigenvalue weighted by atomic mass is 9.94. The van der Waals surface area contributed by atoms with Crippen molar-refractivity contribution >= 4 is 5.84 Å². The van der Waals surface area contributed by atoms with E-state index in [0.29, 0.717) is 11.8 Å². The number of hydrogen-bond donors (Lipinski definition) is 2. The Morgan fingerprint density at radius 1 is 1.00 bits per heavy atom. The van der Waals surface area contributed by atoms with Gasteiger partial charge < -0.3 is 5.73 Å². The molecule has 0 radical (unpaired) electrons. The summed E-state index contributed by atoms with van der Waals surface area (Å²) in [5, 5.41) is 7.49. The van der Waals surface area contributed by atoms with Crippen LogP contribution in [0.4, 0.5) is 0 Å². The highest BCUT2D eigenvalue weighted by Crippen LogP contribution is 2.16. The standard InChI is InChI=1S/C12H26N2/c1-3-5-7-8-10-11(12(13)14)9-6-4-2/h11H,3-10H2,1-2H3,(H3,13,14). The lowest BCUT2D eigenvalue weighted by molar-refractivity contribution is 0.502. The minimum Gasteiger partial charge on any atom is -0.387 e. The highest BCUT2D eigenvalue weighted by molar-refractivity contribution is 5.79. The first-order chi connectivity index (χ1) is 6.72. The Hall–Kier alpha value is -0.530. The molecule has 0 aromatic carbocycles. The van der Waals surface area contributed by atoms with Crippen molar-refractivity contribution in [1.82, 2.24) is 0 Å². The quantitative estimate of drug-likeness (QED) is 0.331. The van der Waals surface area contributed by atoms with Gasteiger partial charge in [-0.15, -0.1) is 0 Å². The normalized spacial score (nSPS) is 12.7. The van der Waals surface area contributed by atoms with E-state index in [2.05, 4.69) is 13.8 Å². The van der Waals surface area contributed by atoms with E-state index < -0.39 is 0 Å². The minimum atomic E-state index is 0.354. The Bertz CT molecular complexity index is 143. The van der Waals surface area contributed by atoms with Crippen molar-refractivity contribution in [3.8, 4) is 0 Å². The number of nitrogens with two attached hydrogens (primary N) is 1. The van der Waals surface area contributed by atoms with Crippen molar-refractivity contribution in [2.45, 2.75) is 65.2 Å². The molecule has 3 N–H and O–H groups in total. The molecule has 2 nitrogen and oxygen atoms in total. The van der Waals surface area contributed by atoms with Gasteiger partial charge in [-0.2, -0.15) is 0 Å². The van der Waals surface area contributed by atoms with Crippen LogP contribution in [0.2, 0.25) is 0 Å². The van der Waals surface area contributed by atoms with Crippen LogP contribution in [0.5, 0.6) is 0 Å². The summed E-state index contributed by atoms with van der Waals surface area (Å²) in [6, 6.07) is 0. The molecule has 0 amide bonds. The van der Waals surface area contributed by atoms with Gasteiger partial charge in [-0.1, -0.05) is 52.4 Å². The predicted octanol–water partition coefficient (Wildman–Crippen LogP) is 3.70. The van der Waals surface area contributed by atoms with Crippen molar-refractivity contribution in [1.29, 1.82) is 5.41 Å². The van der Waals surface area contributed by atoms with E-state index in [1.165, 1.54) is 38.5 Å². The fourth-order valence-electron chi connectivity index (χ4n) is 1.72. The highest BCUT2D eigenvalue weighted by Gasteiger charge is 2.10. The Labute approximate surface area is 88.8 Å². The molecule has 0 saturated heterocycles. The van der Waals surface area contributed by atoms with Crippen LogP contribution in [0.1, 0.15) is 65.2 Å². The molecule has 2 heteroatoms. The Kier molecular flexibility index (Phi) is 8.70. The molecule has 0 rings (SSSR count). The second-order valence-corrected chi connectivity index (χ2v) is 4.14. The topological polar surface area (TPSA) is 49.9 Å². The van der Waals surface area contributed by atoms with Crippen LogP contribution >= 0.6 is 0 Å². The van der Waals surface area contributed by atoms with Crippen molar-refractivity contribution in [2.24, 2.45) is 11.7 Å². The van der Waals surface area contributed by atoms with Gasteiger partial charge in [0.15, 0.2) is 0 Å². The van der Waals surface area contributed by atoms with Gasteiger partial charge in [0, 0.05) is 5.92 Å². The first kappa shape index (κ1) is 13.5. The summed E-state index contributed by atoms with van der Waals surface area (Å²) in [5.41, 5.74) is 5.58. The van der Waals surface area contributed by atoms with Gasteiger partial charge in [0.25, 0.3) is 0 Å². The Morgan fingerprint density at radius 3 is 2.07 bits per heavy atom. The van der Waals surface area contributed by atoms with Crippen LogP contribution in [0, 0.1) is 11.3 Å². The van der Waals surface area contributed by atoms with Gasteiger partial charge >= 0.3 is 0 Å². The highest BCUT2D eigenvalue weighted by atomic mass is 14.7. The van der Waals surface area contributed by atoms with Crippen LogP contribution in [0.25, 0.3) is 0 Å². The maximum absolute atomic E-state index is 7.49. The molecule has 1 atom stereocenters. The van der Waals surface area contributed by atoms with Crippen molar-refractivity contribution in [3.63, 3.8) is 0 Å². The number of unbranched alkanes of at least 4 members (excludes halogenated alkanes) is 4. The van der Waals surface area contributed by atoms with Gasteiger partial charge in [-0.3, -0.25) is 5.41 Å². The van der Waals surface area contributed by atoms with E-state index >= 15 is 0 Å². The maximum Gasteiger partial charge on any atom is 0.0936 e. The molecule has 1 unspecified atom stereocenters. The maximum atomic E-state index is 7.49. The van der Waals surface area contributed by atoms with Gasteiger partial charge in [0.2, 0.25) is 0 Å². The van der Waals surface area contributed by atoms with E-state index in [-0.39, 0.29) is 0 Å². The summed E-state index contributed by atoms with van der Waals surface area (Å²) >= 11 is 0. The van der Waals surface area contributed by atoms with Gasteiger partial charge in [0.05, 0.1) is 5.84 Å². The van der Waals surface area contributed by atoms with Gasteiger partial charge in [-0.05, 0) is 12.8 Å². The number of amidine groups is 1. The van der Waals surface area contributed by atoms with Crippen LogP contribution in [-0.2, 0) is 0 Å². The second kappa shape index (κ2) is 9.04. The number of nitrogens with one attached hydrogen (secondary N) is 1.